The molecule has 2 atom stereocenters. The molecule has 0 aliphatic heterocycles. The van der Waals surface area contributed by atoms with E-state index in [1.54, 1.807) is 11.8 Å². The molecule has 16 heavy (non-hydrogen) atoms. The number of rotatable bonds is 6. The van der Waals surface area contributed by atoms with Gasteiger partial charge in [-0.15, -0.1) is 11.8 Å². The van der Waals surface area contributed by atoms with Gasteiger partial charge in [-0.3, -0.25) is 0 Å². The Balaban J connectivity index is 2.66. The molecule has 3 N–H and O–H groups in total. The molecule has 0 saturated heterocycles. The smallest absolute Gasteiger partial charge is 0.0568 e. The summed E-state index contributed by atoms with van der Waals surface area (Å²) in [7, 11) is 0. The Kier molecular flexibility index (Phi) is 6.21. The number of benzene rings is 1. The van der Waals surface area contributed by atoms with Crippen molar-refractivity contribution < 1.29 is 5.11 Å². The highest BCUT2D eigenvalue weighted by molar-refractivity contribution is 8.00. The molecule has 4 heteroatoms. The Morgan fingerprint density at radius 1 is 1.44 bits per heavy atom. The minimum atomic E-state index is 0.0104. The summed E-state index contributed by atoms with van der Waals surface area (Å²) < 4.78 is 0. The van der Waals surface area contributed by atoms with Gasteiger partial charge in [-0.25, -0.2) is 0 Å². The lowest BCUT2D eigenvalue weighted by molar-refractivity contribution is 0.279. The Morgan fingerprint density at radius 2 is 2.12 bits per heavy atom. The molecule has 1 aromatic carbocycles. The van der Waals surface area contributed by atoms with Gasteiger partial charge in [0.05, 0.1) is 11.6 Å². The maximum atomic E-state index is 9.33. The van der Waals surface area contributed by atoms with Gasteiger partial charge in [-0.1, -0.05) is 37.1 Å². The predicted octanol–water partition coefficient (Wildman–Crippen LogP) is 2.92. The van der Waals surface area contributed by atoms with Crippen molar-refractivity contribution in [1.82, 2.24) is 0 Å². The fraction of sp³-hybridized carbons (Fsp3) is 0.500. The molecule has 0 bridgehead atoms. The second kappa shape index (κ2) is 7.17. The van der Waals surface area contributed by atoms with Gasteiger partial charge in [0, 0.05) is 16.2 Å². The summed E-state index contributed by atoms with van der Waals surface area (Å²) in [5.41, 5.74) is 6.01. The number of aliphatic hydroxyl groups excluding tert-OH is 1. The molecule has 0 spiro atoms. The minimum Gasteiger partial charge on any atom is -0.395 e. The van der Waals surface area contributed by atoms with E-state index in [2.05, 4.69) is 6.92 Å². The monoisotopic (exact) mass is 259 g/mol. The van der Waals surface area contributed by atoms with Crippen LogP contribution in [0.15, 0.2) is 29.2 Å². The zero-order valence-electron chi connectivity index (χ0n) is 9.40. The molecule has 0 aromatic heterocycles. The first-order chi connectivity index (χ1) is 7.69. The van der Waals surface area contributed by atoms with Crippen LogP contribution in [0.2, 0.25) is 5.02 Å². The van der Waals surface area contributed by atoms with Gasteiger partial charge in [0.1, 0.15) is 0 Å². The Morgan fingerprint density at radius 3 is 2.69 bits per heavy atom. The topological polar surface area (TPSA) is 46.2 Å². The average molecular weight is 260 g/mol. The second-order valence-corrected chi connectivity index (χ2v) is 5.41. The Labute approximate surface area is 106 Å². The van der Waals surface area contributed by atoms with Crippen LogP contribution in [0.5, 0.6) is 0 Å². The molecule has 0 radical (unpaired) electrons. The third-order valence-electron chi connectivity index (χ3n) is 2.39. The zero-order valence-corrected chi connectivity index (χ0v) is 11.0. The molecule has 0 saturated carbocycles. The lowest BCUT2D eigenvalue weighted by Crippen LogP contribution is -2.34. The number of hydrogen-bond acceptors (Lipinski definition) is 3. The van der Waals surface area contributed by atoms with Crippen molar-refractivity contribution in [2.45, 2.75) is 36.0 Å². The van der Waals surface area contributed by atoms with Crippen molar-refractivity contribution in [3.63, 3.8) is 0 Å². The first-order valence-electron chi connectivity index (χ1n) is 5.46. The summed E-state index contributed by atoms with van der Waals surface area (Å²) >= 11 is 7.62. The van der Waals surface area contributed by atoms with E-state index in [4.69, 9.17) is 17.3 Å². The van der Waals surface area contributed by atoms with E-state index < -0.39 is 0 Å². The average Bonchev–Trinajstić information content (AvgIpc) is 2.28. The molecule has 0 heterocycles. The molecule has 2 unspecified atom stereocenters. The molecular formula is C12H18ClNOS. The SMILES string of the molecule is CCCC(N)C(CO)Sc1ccccc1Cl. The highest BCUT2D eigenvalue weighted by Gasteiger charge is 2.18. The van der Waals surface area contributed by atoms with Crippen LogP contribution in [0.3, 0.4) is 0 Å². The number of halogens is 1. The standard InChI is InChI=1S/C12H18ClNOS/c1-2-5-10(14)12(8-15)16-11-7-4-3-6-9(11)13/h3-4,6-7,10,12,15H,2,5,8,14H2,1H3. The maximum Gasteiger partial charge on any atom is 0.0568 e. The molecule has 1 rings (SSSR count). The van der Waals surface area contributed by atoms with E-state index in [0.29, 0.717) is 0 Å². The summed E-state index contributed by atoms with van der Waals surface area (Å²) in [6.45, 7) is 2.17. The normalized spacial score (nSPS) is 14.8. The third kappa shape index (κ3) is 3.98. The van der Waals surface area contributed by atoms with E-state index in [9.17, 15) is 5.11 Å². The van der Waals surface area contributed by atoms with E-state index in [1.807, 2.05) is 24.3 Å². The maximum absolute atomic E-state index is 9.33. The largest absolute Gasteiger partial charge is 0.395 e. The van der Waals surface area contributed by atoms with Crippen LogP contribution in [0, 0.1) is 0 Å². The van der Waals surface area contributed by atoms with Crippen molar-refractivity contribution in [1.29, 1.82) is 0 Å². The van der Waals surface area contributed by atoms with Gasteiger partial charge >= 0.3 is 0 Å². The van der Waals surface area contributed by atoms with Crippen molar-refractivity contribution in [3.05, 3.63) is 29.3 Å². The summed E-state index contributed by atoms with van der Waals surface area (Å²) in [6.07, 6.45) is 1.95. The van der Waals surface area contributed by atoms with Crippen LogP contribution >= 0.6 is 23.4 Å². The van der Waals surface area contributed by atoms with E-state index in [0.717, 1.165) is 22.8 Å². The van der Waals surface area contributed by atoms with Crippen LogP contribution in [0.25, 0.3) is 0 Å². The van der Waals surface area contributed by atoms with Crippen molar-refractivity contribution >= 4 is 23.4 Å². The van der Waals surface area contributed by atoms with E-state index in [1.165, 1.54) is 0 Å². The quantitative estimate of drug-likeness (QED) is 0.773. The van der Waals surface area contributed by atoms with Crippen LogP contribution in [0.1, 0.15) is 19.8 Å². The molecule has 2 nitrogen and oxygen atoms in total. The molecule has 0 aliphatic carbocycles. The molecule has 90 valence electrons. The molecular weight excluding hydrogens is 242 g/mol. The van der Waals surface area contributed by atoms with Crippen molar-refractivity contribution in [3.8, 4) is 0 Å². The number of thioether (sulfide) groups is 1. The van der Waals surface area contributed by atoms with Gasteiger partial charge in [0.25, 0.3) is 0 Å². The van der Waals surface area contributed by atoms with Gasteiger partial charge in [0.15, 0.2) is 0 Å². The highest BCUT2D eigenvalue weighted by Crippen LogP contribution is 2.31. The van der Waals surface area contributed by atoms with Crippen LogP contribution in [-0.2, 0) is 0 Å². The van der Waals surface area contributed by atoms with Crippen LogP contribution < -0.4 is 5.73 Å². The van der Waals surface area contributed by atoms with Crippen LogP contribution in [0.4, 0.5) is 0 Å². The fourth-order valence-electron chi connectivity index (χ4n) is 1.48. The van der Waals surface area contributed by atoms with E-state index >= 15 is 0 Å². The Hall–Kier alpha value is -0.220. The summed E-state index contributed by atoms with van der Waals surface area (Å²) in [6, 6.07) is 7.65. The molecule has 0 amide bonds. The zero-order chi connectivity index (χ0) is 12.0. The number of aliphatic hydroxyl groups is 1. The third-order valence-corrected chi connectivity index (χ3v) is 4.25. The lowest BCUT2D eigenvalue weighted by Gasteiger charge is -2.21. The molecule has 0 aliphatic rings. The van der Waals surface area contributed by atoms with Gasteiger partial charge < -0.3 is 10.8 Å². The van der Waals surface area contributed by atoms with Crippen LogP contribution in [-0.4, -0.2) is 23.0 Å². The number of nitrogens with two attached hydrogens (primary N) is 1. The first-order valence-corrected chi connectivity index (χ1v) is 6.72. The highest BCUT2D eigenvalue weighted by atomic mass is 35.5. The summed E-state index contributed by atoms with van der Waals surface area (Å²) in [5.74, 6) is 0. The van der Waals surface area contributed by atoms with E-state index in [-0.39, 0.29) is 17.9 Å². The Bertz CT molecular complexity index is 322. The van der Waals surface area contributed by atoms with Gasteiger partial charge in [0.2, 0.25) is 0 Å². The van der Waals surface area contributed by atoms with Gasteiger partial charge in [-0.2, -0.15) is 0 Å². The predicted molar refractivity (Wildman–Crippen MR) is 71.1 cm³/mol. The molecule has 0 fully saturated rings. The summed E-state index contributed by atoms with van der Waals surface area (Å²) in [5, 5.41) is 10.1. The van der Waals surface area contributed by atoms with Crippen molar-refractivity contribution in [2.24, 2.45) is 5.73 Å². The first kappa shape index (κ1) is 13.8. The summed E-state index contributed by atoms with van der Waals surface area (Å²) in [4.78, 5) is 0.981. The van der Waals surface area contributed by atoms with Gasteiger partial charge in [-0.05, 0) is 18.6 Å². The lowest BCUT2D eigenvalue weighted by atomic mass is 10.1. The second-order valence-electron chi connectivity index (χ2n) is 3.72. The number of hydrogen-bond donors (Lipinski definition) is 2. The minimum absolute atomic E-state index is 0.0104. The fourth-order valence-corrected chi connectivity index (χ4v) is 2.80. The van der Waals surface area contributed by atoms with Crippen molar-refractivity contribution in [2.75, 3.05) is 6.61 Å². The molecule has 1 aromatic rings.